The number of rotatable bonds is 4. The van der Waals surface area contributed by atoms with Gasteiger partial charge in [0.2, 0.25) is 0 Å². The van der Waals surface area contributed by atoms with Crippen molar-refractivity contribution < 1.29 is 4.39 Å². The maximum atomic E-state index is 13.9. The van der Waals surface area contributed by atoms with Gasteiger partial charge in [0.15, 0.2) is 0 Å². The summed E-state index contributed by atoms with van der Waals surface area (Å²) in [5.41, 5.74) is 1.68. The number of likely N-dealkylation sites (tertiary alicyclic amines) is 1. The normalized spacial score (nSPS) is 19.7. The zero-order valence-corrected chi connectivity index (χ0v) is 14.3. The van der Waals surface area contributed by atoms with Crippen molar-refractivity contribution in [3.05, 3.63) is 28.2 Å². The van der Waals surface area contributed by atoms with Gasteiger partial charge >= 0.3 is 0 Å². The third-order valence-corrected chi connectivity index (χ3v) is 5.05. The van der Waals surface area contributed by atoms with Crippen LogP contribution in [0.15, 0.2) is 16.6 Å². The molecule has 0 N–H and O–H groups in total. The van der Waals surface area contributed by atoms with Crippen LogP contribution >= 0.6 is 27.5 Å². The summed E-state index contributed by atoms with van der Waals surface area (Å²) in [6.07, 6.45) is 3.10. The van der Waals surface area contributed by atoms with Crippen LogP contribution < -0.4 is 0 Å². The molecule has 0 saturated carbocycles. The van der Waals surface area contributed by atoms with Gasteiger partial charge in [-0.25, -0.2) is 9.37 Å². The van der Waals surface area contributed by atoms with E-state index >= 15 is 0 Å². The van der Waals surface area contributed by atoms with Gasteiger partial charge in [-0.3, -0.25) is 0 Å². The molecule has 21 heavy (non-hydrogen) atoms. The summed E-state index contributed by atoms with van der Waals surface area (Å²) in [5, 5.41) is 0. The third-order valence-electron chi connectivity index (χ3n) is 4.25. The molecule has 3 rings (SSSR count). The van der Waals surface area contributed by atoms with Gasteiger partial charge in [-0.05, 0) is 48.4 Å². The van der Waals surface area contributed by atoms with Crippen LogP contribution in [0.25, 0.3) is 11.0 Å². The smallest absolute Gasteiger partial charge is 0.139 e. The van der Waals surface area contributed by atoms with Gasteiger partial charge in [0.25, 0.3) is 0 Å². The molecule has 1 aromatic heterocycles. The van der Waals surface area contributed by atoms with Crippen LogP contribution in [0.1, 0.15) is 18.7 Å². The zero-order valence-electron chi connectivity index (χ0n) is 12.0. The van der Waals surface area contributed by atoms with Crippen LogP contribution in [-0.4, -0.2) is 40.0 Å². The Morgan fingerprint density at radius 1 is 1.48 bits per heavy atom. The number of hydrogen-bond acceptors (Lipinski definition) is 2. The highest BCUT2D eigenvalue weighted by Gasteiger charge is 2.23. The lowest BCUT2D eigenvalue weighted by atomic mass is 10.2. The number of hydrogen-bond donors (Lipinski definition) is 0. The van der Waals surface area contributed by atoms with Crippen molar-refractivity contribution >= 4 is 38.6 Å². The SMILES string of the molecule is CN1CCCC1Cn1c(CCCl)nc2cc(Br)c(F)cc21. The molecule has 2 aromatic rings. The molecule has 1 saturated heterocycles. The van der Waals surface area contributed by atoms with Gasteiger partial charge in [-0.1, -0.05) is 0 Å². The lowest BCUT2D eigenvalue weighted by molar-refractivity contribution is 0.282. The third kappa shape index (κ3) is 2.96. The van der Waals surface area contributed by atoms with Gasteiger partial charge in [0.05, 0.1) is 15.5 Å². The number of halogens is 3. The van der Waals surface area contributed by atoms with E-state index in [2.05, 4.69) is 37.4 Å². The molecular formula is C15H18BrClFN3. The van der Waals surface area contributed by atoms with Gasteiger partial charge in [0.1, 0.15) is 11.6 Å². The number of benzene rings is 1. The lowest BCUT2D eigenvalue weighted by Gasteiger charge is -2.21. The van der Waals surface area contributed by atoms with Crippen molar-refractivity contribution in [3.63, 3.8) is 0 Å². The minimum Gasteiger partial charge on any atom is -0.326 e. The second-order valence-electron chi connectivity index (χ2n) is 5.61. The largest absolute Gasteiger partial charge is 0.326 e. The Labute approximate surface area is 137 Å². The molecule has 0 radical (unpaired) electrons. The van der Waals surface area contributed by atoms with Crippen LogP contribution in [0.4, 0.5) is 4.39 Å². The van der Waals surface area contributed by atoms with Gasteiger partial charge < -0.3 is 9.47 Å². The standard InChI is InChI=1S/C15H18BrClFN3/c1-20-6-2-3-10(20)9-21-14-8-12(18)11(16)7-13(14)19-15(21)4-5-17/h7-8,10H,2-6,9H2,1H3. The van der Waals surface area contributed by atoms with Gasteiger partial charge in [-0.15, -0.1) is 11.6 Å². The molecule has 0 bridgehead atoms. The minimum absolute atomic E-state index is 0.249. The van der Waals surface area contributed by atoms with E-state index in [9.17, 15) is 4.39 Å². The number of alkyl halides is 1. The van der Waals surface area contributed by atoms with E-state index in [0.717, 1.165) is 29.9 Å². The van der Waals surface area contributed by atoms with E-state index in [0.29, 0.717) is 22.8 Å². The average Bonchev–Trinajstić information content (AvgIpc) is 2.98. The predicted octanol–water partition coefficient (Wildman–Crippen LogP) is 3.81. The molecule has 0 aliphatic carbocycles. The Bertz CT molecular complexity index is 658. The van der Waals surface area contributed by atoms with E-state index < -0.39 is 0 Å². The topological polar surface area (TPSA) is 21.1 Å². The fourth-order valence-corrected chi connectivity index (χ4v) is 3.57. The number of nitrogens with zero attached hydrogens (tertiary/aromatic N) is 3. The Hall–Kier alpha value is -0.650. The number of aromatic nitrogens is 2. The Balaban J connectivity index is 2.04. The highest BCUT2D eigenvalue weighted by Crippen LogP contribution is 2.26. The van der Waals surface area contributed by atoms with E-state index in [1.807, 2.05) is 0 Å². The van der Waals surface area contributed by atoms with E-state index in [-0.39, 0.29) is 5.82 Å². The van der Waals surface area contributed by atoms with Crippen molar-refractivity contribution in [1.82, 2.24) is 14.5 Å². The van der Waals surface area contributed by atoms with Crippen LogP contribution in [-0.2, 0) is 13.0 Å². The van der Waals surface area contributed by atoms with Crippen LogP contribution in [0.5, 0.6) is 0 Å². The fraction of sp³-hybridized carbons (Fsp3) is 0.533. The number of imidazole rings is 1. The molecule has 1 fully saturated rings. The average molecular weight is 375 g/mol. The predicted molar refractivity (Wildman–Crippen MR) is 87.5 cm³/mol. The first-order valence-corrected chi connectivity index (χ1v) is 8.53. The van der Waals surface area contributed by atoms with Crippen molar-refractivity contribution in [2.45, 2.75) is 31.8 Å². The first-order chi connectivity index (χ1) is 10.1. The summed E-state index contributed by atoms with van der Waals surface area (Å²) in [6.45, 7) is 1.97. The van der Waals surface area contributed by atoms with Crippen molar-refractivity contribution in [3.8, 4) is 0 Å². The highest BCUT2D eigenvalue weighted by molar-refractivity contribution is 9.10. The maximum Gasteiger partial charge on any atom is 0.139 e. The van der Waals surface area contributed by atoms with Gasteiger partial charge in [0, 0.05) is 31.0 Å². The second-order valence-corrected chi connectivity index (χ2v) is 6.84. The summed E-state index contributed by atoms with van der Waals surface area (Å²) in [7, 11) is 2.15. The summed E-state index contributed by atoms with van der Waals surface area (Å²) in [5.74, 6) is 1.21. The fourth-order valence-electron chi connectivity index (χ4n) is 3.07. The number of likely N-dealkylation sites (N-methyl/N-ethyl adjacent to an activating group) is 1. The Kier molecular flexibility index (Phi) is 4.52. The highest BCUT2D eigenvalue weighted by atomic mass is 79.9. The molecule has 114 valence electrons. The van der Waals surface area contributed by atoms with Crippen molar-refractivity contribution in [1.29, 1.82) is 0 Å². The molecule has 2 heterocycles. The molecule has 0 amide bonds. The van der Waals surface area contributed by atoms with E-state index in [1.165, 1.54) is 12.8 Å². The van der Waals surface area contributed by atoms with Crippen LogP contribution in [0.3, 0.4) is 0 Å². The van der Waals surface area contributed by atoms with E-state index in [4.69, 9.17) is 11.6 Å². The van der Waals surface area contributed by atoms with Crippen molar-refractivity contribution in [2.75, 3.05) is 19.5 Å². The summed E-state index contributed by atoms with van der Waals surface area (Å²) in [6, 6.07) is 3.80. The molecule has 1 aliphatic rings. The molecule has 0 spiro atoms. The monoisotopic (exact) mass is 373 g/mol. The molecule has 6 heteroatoms. The van der Waals surface area contributed by atoms with Crippen LogP contribution in [0, 0.1) is 5.82 Å². The Morgan fingerprint density at radius 2 is 2.29 bits per heavy atom. The Morgan fingerprint density at radius 3 is 2.95 bits per heavy atom. The molecule has 1 unspecified atom stereocenters. The molecular weight excluding hydrogens is 357 g/mol. The zero-order chi connectivity index (χ0) is 15.0. The van der Waals surface area contributed by atoms with Crippen LogP contribution in [0.2, 0.25) is 0 Å². The molecule has 1 atom stereocenters. The number of aryl methyl sites for hydroxylation is 1. The first kappa shape index (κ1) is 15.3. The molecule has 3 nitrogen and oxygen atoms in total. The van der Waals surface area contributed by atoms with Gasteiger partial charge in [-0.2, -0.15) is 0 Å². The maximum absolute atomic E-state index is 13.9. The quantitative estimate of drug-likeness (QED) is 0.759. The van der Waals surface area contributed by atoms with E-state index in [1.54, 1.807) is 12.1 Å². The molecule has 1 aromatic carbocycles. The first-order valence-electron chi connectivity index (χ1n) is 7.20. The summed E-state index contributed by atoms with van der Waals surface area (Å²) >= 11 is 9.12. The number of fused-ring (bicyclic) bond motifs is 1. The lowest BCUT2D eigenvalue weighted by Crippen LogP contribution is -2.30. The summed E-state index contributed by atoms with van der Waals surface area (Å²) in [4.78, 5) is 7.00. The minimum atomic E-state index is -0.249. The summed E-state index contributed by atoms with van der Waals surface area (Å²) < 4.78 is 16.5. The van der Waals surface area contributed by atoms with Crippen molar-refractivity contribution in [2.24, 2.45) is 0 Å². The second kappa shape index (κ2) is 6.23. The molecule has 1 aliphatic heterocycles.